The number of hydrazone groups is 1. The fraction of sp³-hybridized carbons (Fsp3) is 0.176. The van der Waals surface area contributed by atoms with Gasteiger partial charge in [0.1, 0.15) is 6.54 Å². The predicted octanol–water partition coefficient (Wildman–Crippen LogP) is 3.05. The Morgan fingerprint density at radius 1 is 1.08 bits per heavy atom. The van der Waals surface area contributed by atoms with Crippen LogP contribution in [0.25, 0.3) is 0 Å². The fourth-order valence-corrected chi connectivity index (χ4v) is 3.55. The highest BCUT2D eigenvalue weighted by molar-refractivity contribution is 7.92. The minimum absolute atomic E-state index is 0.0907. The van der Waals surface area contributed by atoms with Crippen molar-refractivity contribution in [2.75, 3.05) is 10.8 Å². The van der Waals surface area contributed by atoms with E-state index in [1.54, 1.807) is 56.3 Å². The fourth-order valence-electron chi connectivity index (χ4n) is 1.98. The Morgan fingerprint density at radius 3 is 2.24 bits per heavy atom. The molecule has 2 aromatic carbocycles. The summed E-state index contributed by atoms with van der Waals surface area (Å²) < 4.78 is 27.0. The number of amides is 1. The van der Waals surface area contributed by atoms with Crippen molar-refractivity contribution in [1.29, 1.82) is 0 Å². The van der Waals surface area contributed by atoms with Gasteiger partial charge in [-0.05, 0) is 50.2 Å². The number of rotatable bonds is 6. The first-order chi connectivity index (χ1) is 11.8. The smallest absolute Gasteiger partial charge is 0.264 e. The van der Waals surface area contributed by atoms with Gasteiger partial charge in [0.05, 0.1) is 10.6 Å². The Morgan fingerprint density at radius 2 is 1.68 bits per heavy atom. The second-order valence-corrected chi connectivity index (χ2v) is 7.69. The molecule has 1 N–H and O–H groups in total. The van der Waals surface area contributed by atoms with Gasteiger partial charge in [0.15, 0.2) is 0 Å². The van der Waals surface area contributed by atoms with E-state index in [1.165, 1.54) is 12.1 Å². The second-order valence-electron chi connectivity index (χ2n) is 5.40. The quantitative estimate of drug-likeness (QED) is 0.618. The van der Waals surface area contributed by atoms with E-state index in [9.17, 15) is 13.2 Å². The number of carbonyl (C=O) groups is 1. The van der Waals surface area contributed by atoms with Gasteiger partial charge in [-0.1, -0.05) is 29.8 Å². The van der Waals surface area contributed by atoms with Crippen molar-refractivity contribution in [2.24, 2.45) is 5.10 Å². The molecule has 0 unspecified atom stereocenters. The zero-order chi connectivity index (χ0) is 18.4. The average Bonchev–Trinajstić information content (AvgIpc) is 2.59. The average molecular weight is 380 g/mol. The van der Waals surface area contributed by atoms with Gasteiger partial charge in [0.25, 0.3) is 15.9 Å². The third-order valence-electron chi connectivity index (χ3n) is 3.14. The van der Waals surface area contributed by atoms with Gasteiger partial charge in [-0.15, -0.1) is 0 Å². The number of halogens is 1. The normalized spacial score (nSPS) is 10.8. The molecular formula is C17H18ClN3O3S. The molecule has 2 rings (SSSR count). The van der Waals surface area contributed by atoms with Crippen LogP contribution in [-0.4, -0.2) is 26.6 Å². The van der Waals surface area contributed by atoms with Crippen LogP contribution in [-0.2, 0) is 14.8 Å². The Balaban J connectivity index is 2.40. The van der Waals surface area contributed by atoms with Crippen molar-refractivity contribution in [3.05, 3.63) is 59.6 Å². The molecular weight excluding hydrogens is 362 g/mol. The van der Waals surface area contributed by atoms with E-state index in [4.69, 9.17) is 11.6 Å². The highest BCUT2D eigenvalue weighted by Crippen LogP contribution is 2.24. The van der Waals surface area contributed by atoms with E-state index in [0.29, 0.717) is 16.4 Å². The van der Waals surface area contributed by atoms with Crippen LogP contribution in [0.4, 0.5) is 5.69 Å². The maximum Gasteiger partial charge on any atom is 0.264 e. The molecule has 0 fully saturated rings. The lowest BCUT2D eigenvalue weighted by Gasteiger charge is -2.23. The molecule has 8 heteroatoms. The van der Waals surface area contributed by atoms with Gasteiger partial charge in [-0.25, -0.2) is 13.8 Å². The van der Waals surface area contributed by atoms with Gasteiger partial charge in [-0.3, -0.25) is 9.10 Å². The maximum atomic E-state index is 13.0. The maximum absolute atomic E-state index is 13.0. The monoisotopic (exact) mass is 379 g/mol. The number of benzene rings is 2. The molecule has 2 aromatic rings. The molecule has 0 radical (unpaired) electrons. The highest BCUT2D eigenvalue weighted by Gasteiger charge is 2.27. The molecule has 0 bridgehead atoms. The number of carbonyl (C=O) groups excluding carboxylic acids is 1. The number of anilines is 1. The third kappa shape index (κ3) is 5.04. The van der Waals surface area contributed by atoms with Crippen molar-refractivity contribution in [1.82, 2.24) is 5.43 Å². The van der Waals surface area contributed by atoms with Crippen LogP contribution in [0.2, 0.25) is 5.02 Å². The van der Waals surface area contributed by atoms with Gasteiger partial charge >= 0.3 is 0 Å². The van der Waals surface area contributed by atoms with Crippen molar-refractivity contribution in [2.45, 2.75) is 18.7 Å². The van der Waals surface area contributed by atoms with Crippen molar-refractivity contribution in [3.63, 3.8) is 0 Å². The lowest BCUT2D eigenvalue weighted by molar-refractivity contribution is -0.119. The topological polar surface area (TPSA) is 78.8 Å². The third-order valence-corrected chi connectivity index (χ3v) is 5.18. The van der Waals surface area contributed by atoms with E-state index in [-0.39, 0.29) is 4.90 Å². The van der Waals surface area contributed by atoms with Gasteiger partial charge in [-0.2, -0.15) is 5.10 Å². The minimum Gasteiger partial charge on any atom is -0.271 e. The molecule has 0 saturated carbocycles. The summed E-state index contributed by atoms with van der Waals surface area (Å²) in [6, 6.07) is 14.1. The van der Waals surface area contributed by atoms with E-state index in [0.717, 1.165) is 4.31 Å². The number of sulfonamides is 1. The molecule has 0 atom stereocenters. The Labute approximate surface area is 152 Å². The Hall–Kier alpha value is -2.38. The van der Waals surface area contributed by atoms with Crippen molar-refractivity contribution < 1.29 is 13.2 Å². The zero-order valence-electron chi connectivity index (χ0n) is 13.8. The lowest BCUT2D eigenvalue weighted by atomic mass is 10.3. The summed E-state index contributed by atoms with van der Waals surface area (Å²) >= 11 is 5.87. The molecule has 0 heterocycles. The first kappa shape index (κ1) is 19.0. The minimum atomic E-state index is -3.92. The summed E-state index contributed by atoms with van der Waals surface area (Å²) in [4.78, 5) is 12.2. The number of nitrogens with zero attached hydrogens (tertiary/aromatic N) is 2. The van der Waals surface area contributed by atoms with Crippen LogP contribution >= 0.6 is 11.6 Å². The molecule has 0 aliphatic carbocycles. The van der Waals surface area contributed by atoms with Gasteiger partial charge < -0.3 is 0 Å². The molecule has 132 valence electrons. The van der Waals surface area contributed by atoms with Crippen molar-refractivity contribution >= 4 is 38.9 Å². The molecule has 0 spiro atoms. The summed E-state index contributed by atoms with van der Waals surface area (Å²) in [6.45, 7) is 3.03. The van der Waals surface area contributed by atoms with E-state index in [2.05, 4.69) is 10.5 Å². The summed E-state index contributed by atoms with van der Waals surface area (Å²) in [5.41, 5.74) is 3.32. The van der Waals surface area contributed by atoms with Crippen LogP contribution < -0.4 is 9.73 Å². The van der Waals surface area contributed by atoms with Crippen LogP contribution in [0.3, 0.4) is 0 Å². The molecule has 0 aromatic heterocycles. The van der Waals surface area contributed by atoms with Crippen LogP contribution in [0.1, 0.15) is 13.8 Å². The Kier molecular flexibility index (Phi) is 6.17. The van der Waals surface area contributed by atoms with Gasteiger partial charge in [0.2, 0.25) is 0 Å². The summed E-state index contributed by atoms with van der Waals surface area (Å²) in [5, 5.41) is 4.28. The van der Waals surface area contributed by atoms with Crippen LogP contribution in [0.5, 0.6) is 0 Å². The number of hydrogen-bond acceptors (Lipinski definition) is 4. The summed E-state index contributed by atoms with van der Waals surface area (Å²) in [6.07, 6.45) is 0. The lowest BCUT2D eigenvalue weighted by Crippen LogP contribution is -2.39. The molecule has 0 aliphatic heterocycles. The largest absolute Gasteiger partial charge is 0.271 e. The summed E-state index contributed by atoms with van der Waals surface area (Å²) in [7, 11) is -3.92. The molecule has 6 nitrogen and oxygen atoms in total. The van der Waals surface area contributed by atoms with Crippen LogP contribution in [0, 0.1) is 0 Å². The van der Waals surface area contributed by atoms with Crippen LogP contribution in [0.15, 0.2) is 64.6 Å². The van der Waals surface area contributed by atoms with E-state index < -0.39 is 22.5 Å². The molecule has 0 aliphatic rings. The summed E-state index contributed by atoms with van der Waals surface area (Å²) in [5.74, 6) is -0.546. The van der Waals surface area contributed by atoms with Crippen molar-refractivity contribution in [3.8, 4) is 0 Å². The first-order valence-corrected chi connectivity index (χ1v) is 9.25. The standard InChI is InChI=1S/C17H18ClN3O3S/c1-13(2)19-20-17(22)12-21(15-10-8-14(18)9-11-15)25(23,24)16-6-4-3-5-7-16/h3-11H,12H2,1-2H3,(H,20,22). The van der Waals surface area contributed by atoms with Gasteiger partial charge in [0, 0.05) is 10.7 Å². The highest BCUT2D eigenvalue weighted by atomic mass is 35.5. The molecule has 25 heavy (non-hydrogen) atoms. The van der Waals surface area contributed by atoms with E-state index >= 15 is 0 Å². The SMILES string of the molecule is CC(C)=NNC(=O)CN(c1ccc(Cl)cc1)S(=O)(=O)c1ccccc1. The zero-order valence-corrected chi connectivity index (χ0v) is 15.4. The van der Waals surface area contributed by atoms with E-state index in [1.807, 2.05) is 0 Å². The molecule has 1 amide bonds. The first-order valence-electron chi connectivity index (χ1n) is 7.44. The Bertz CT molecular complexity index is 862. The predicted molar refractivity (Wildman–Crippen MR) is 99.4 cm³/mol. The number of nitrogens with one attached hydrogen (secondary N) is 1. The number of hydrogen-bond donors (Lipinski definition) is 1. The second kappa shape index (κ2) is 8.13. The molecule has 0 saturated heterocycles.